The lowest BCUT2D eigenvalue weighted by atomic mass is 10.0. The van der Waals surface area contributed by atoms with Crippen molar-refractivity contribution in [3.8, 4) is 0 Å². The third kappa shape index (κ3) is 55.0. The molecule has 0 bridgehead atoms. The molecular weight excluding hydrogens is 940 g/mol. The molecule has 0 aliphatic carbocycles. The van der Waals surface area contributed by atoms with E-state index in [2.05, 4.69) is 50.4 Å². The van der Waals surface area contributed by atoms with E-state index in [4.69, 9.17) is 13.8 Å². The Labute approximate surface area is 459 Å². The minimum absolute atomic E-state index is 0.0194. The molecule has 436 valence electrons. The van der Waals surface area contributed by atoms with E-state index >= 15 is 0 Å². The van der Waals surface area contributed by atoms with Crippen LogP contribution in [0.25, 0.3) is 0 Å². The summed E-state index contributed by atoms with van der Waals surface area (Å²) < 4.78 is 30.3. The number of likely N-dealkylation sites (N-methyl/N-ethyl adjacent to an activating group) is 1. The van der Waals surface area contributed by atoms with E-state index in [9.17, 15) is 19.0 Å². The van der Waals surface area contributed by atoms with Crippen molar-refractivity contribution in [2.75, 3.05) is 40.9 Å². The second-order valence-corrected chi connectivity index (χ2v) is 24.3. The first kappa shape index (κ1) is 72.2. The number of allylic oxidation sites excluding steroid dienone is 5. The zero-order valence-electron chi connectivity index (χ0n) is 49.8. The molecule has 0 radical (unpaired) electrons. The van der Waals surface area contributed by atoms with Gasteiger partial charge in [-0.15, -0.1) is 0 Å². The Morgan fingerprint density at radius 1 is 0.473 bits per heavy atom. The highest BCUT2D eigenvalue weighted by Gasteiger charge is 2.27. The summed E-state index contributed by atoms with van der Waals surface area (Å²) >= 11 is 0. The van der Waals surface area contributed by atoms with Crippen LogP contribution in [0.4, 0.5) is 0 Å². The molecule has 3 unspecified atom stereocenters. The van der Waals surface area contributed by atoms with Crippen molar-refractivity contribution in [1.29, 1.82) is 0 Å². The minimum Gasteiger partial charge on any atom is -0.756 e. The molecule has 0 heterocycles. The largest absolute Gasteiger partial charge is 0.756 e. The number of hydrogen-bond donors (Lipinski definition) is 1. The minimum atomic E-state index is -4.69. The van der Waals surface area contributed by atoms with E-state index in [0.717, 1.165) is 64.2 Å². The van der Waals surface area contributed by atoms with Crippen LogP contribution < -0.4 is 10.2 Å². The van der Waals surface area contributed by atoms with E-state index in [1.807, 2.05) is 33.3 Å². The van der Waals surface area contributed by atoms with Crippen LogP contribution in [-0.2, 0) is 27.9 Å². The normalized spacial score (nSPS) is 13.9. The lowest BCUT2D eigenvalue weighted by molar-refractivity contribution is -0.870. The van der Waals surface area contributed by atoms with Crippen LogP contribution >= 0.6 is 7.82 Å². The van der Waals surface area contributed by atoms with Gasteiger partial charge in [0.05, 0.1) is 33.8 Å². The summed E-state index contributed by atoms with van der Waals surface area (Å²) in [6.45, 7) is 6.84. The van der Waals surface area contributed by atoms with Gasteiger partial charge in [0.15, 0.2) is 0 Å². The fourth-order valence-electron chi connectivity index (χ4n) is 9.38. The summed E-state index contributed by atoms with van der Waals surface area (Å²) in [5.41, 5.74) is 0. The molecular formula is C64H123N2O7P. The van der Waals surface area contributed by atoms with E-state index in [1.54, 1.807) is 0 Å². The van der Waals surface area contributed by atoms with Crippen LogP contribution in [0, 0.1) is 0 Å². The molecule has 0 aromatic rings. The van der Waals surface area contributed by atoms with E-state index in [1.165, 1.54) is 212 Å². The number of phosphoric ester groups is 1. The van der Waals surface area contributed by atoms with Crippen molar-refractivity contribution >= 4 is 19.7 Å². The Morgan fingerprint density at radius 3 is 1.24 bits per heavy atom. The molecule has 10 heteroatoms. The summed E-state index contributed by atoms with van der Waals surface area (Å²) in [6.07, 6.45) is 65.5. The fourth-order valence-corrected chi connectivity index (χ4v) is 10.1. The summed E-state index contributed by atoms with van der Waals surface area (Å²) in [7, 11) is 1.20. The first-order chi connectivity index (χ1) is 35.9. The van der Waals surface area contributed by atoms with Crippen molar-refractivity contribution in [1.82, 2.24) is 5.32 Å². The van der Waals surface area contributed by atoms with Gasteiger partial charge in [-0.1, -0.05) is 269 Å². The Bertz CT molecular complexity index is 1360. The topological polar surface area (TPSA) is 114 Å². The molecule has 0 saturated heterocycles. The van der Waals surface area contributed by atoms with Gasteiger partial charge in [0.2, 0.25) is 5.91 Å². The van der Waals surface area contributed by atoms with Gasteiger partial charge in [-0.2, -0.15) is 0 Å². The van der Waals surface area contributed by atoms with Gasteiger partial charge in [-0.25, -0.2) is 0 Å². The molecule has 3 atom stereocenters. The number of hydrogen-bond acceptors (Lipinski definition) is 7. The molecule has 9 nitrogen and oxygen atoms in total. The van der Waals surface area contributed by atoms with Gasteiger partial charge in [0.1, 0.15) is 19.3 Å². The number of nitrogens with zero attached hydrogens (tertiary/aromatic N) is 1. The Morgan fingerprint density at radius 2 is 0.824 bits per heavy atom. The van der Waals surface area contributed by atoms with Crippen molar-refractivity contribution in [3.63, 3.8) is 0 Å². The van der Waals surface area contributed by atoms with Crippen LogP contribution in [0.3, 0.4) is 0 Å². The average molecular weight is 1060 g/mol. The molecule has 74 heavy (non-hydrogen) atoms. The third-order valence-corrected chi connectivity index (χ3v) is 15.3. The van der Waals surface area contributed by atoms with Gasteiger partial charge in [-0.3, -0.25) is 14.2 Å². The summed E-state index contributed by atoms with van der Waals surface area (Å²) in [5, 5.41) is 3.03. The second-order valence-electron chi connectivity index (χ2n) is 22.9. The van der Waals surface area contributed by atoms with Gasteiger partial charge < -0.3 is 28.5 Å². The zero-order chi connectivity index (χ0) is 54.3. The monoisotopic (exact) mass is 1060 g/mol. The van der Waals surface area contributed by atoms with Gasteiger partial charge >= 0.3 is 5.97 Å². The molecule has 0 aromatic carbocycles. The van der Waals surface area contributed by atoms with Crippen LogP contribution in [0.2, 0.25) is 0 Å². The Hall–Kier alpha value is -1.77. The number of carbonyl (C=O) groups excluding carboxylic acids is 2. The summed E-state index contributed by atoms with van der Waals surface area (Å²) in [5.74, 6) is -0.529. The smallest absolute Gasteiger partial charge is 0.306 e. The number of ether oxygens (including phenoxy) is 1. The molecule has 0 spiro atoms. The van der Waals surface area contributed by atoms with Gasteiger partial charge in [0.25, 0.3) is 7.82 Å². The number of unbranched alkanes of at least 4 members (excludes halogenated alkanes) is 38. The molecule has 0 aliphatic heterocycles. The number of esters is 1. The predicted octanol–water partition coefficient (Wildman–Crippen LogP) is 18.9. The van der Waals surface area contributed by atoms with Crippen LogP contribution in [0.5, 0.6) is 0 Å². The molecule has 0 aliphatic rings. The maximum atomic E-state index is 13.5. The van der Waals surface area contributed by atoms with E-state index in [-0.39, 0.29) is 31.5 Å². The number of quaternary nitrogens is 1. The molecule has 0 rings (SSSR count). The lowest BCUT2D eigenvalue weighted by Gasteiger charge is -2.30. The van der Waals surface area contributed by atoms with Crippen molar-refractivity contribution in [3.05, 3.63) is 36.5 Å². The maximum Gasteiger partial charge on any atom is 0.306 e. The number of carbonyl (C=O) groups is 2. The maximum absolute atomic E-state index is 13.5. The second kappa shape index (κ2) is 54.6. The summed E-state index contributed by atoms with van der Waals surface area (Å²) in [4.78, 5) is 39.9. The fraction of sp³-hybridized carbons (Fsp3) is 0.875. The van der Waals surface area contributed by atoms with E-state index < -0.39 is 20.0 Å². The Kier molecular flexibility index (Phi) is 53.3. The van der Waals surface area contributed by atoms with Crippen molar-refractivity contribution in [2.45, 2.75) is 322 Å². The quantitative estimate of drug-likeness (QED) is 0.0212. The van der Waals surface area contributed by atoms with Crippen LogP contribution in [0.1, 0.15) is 310 Å². The van der Waals surface area contributed by atoms with Crippen LogP contribution in [-0.4, -0.2) is 69.4 Å². The zero-order valence-corrected chi connectivity index (χ0v) is 50.7. The highest BCUT2D eigenvalue weighted by Crippen LogP contribution is 2.38. The number of nitrogens with one attached hydrogen (secondary N) is 1. The molecule has 0 aromatic heterocycles. The third-order valence-electron chi connectivity index (χ3n) is 14.3. The van der Waals surface area contributed by atoms with Gasteiger partial charge in [0, 0.05) is 12.8 Å². The van der Waals surface area contributed by atoms with Crippen molar-refractivity contribution < 1.29 is 37.3 Å². The number of rotatable bonds is 58. The standard InChI is InChI=1S/C64H123N2O7P/c1-7-10-13-16-19-22-25-27-28-29-30-31-32-33-34-35-36-37-38-39-42-44-47-50-53-56-63(67)65-61(60-72-74(69,70)71-59-58-66(4,5)6)62(55-52-49-46-43-41-26-23-20-17-14-11-8-2)73-64(68)57-54-51-48-45-40-24-21-18-15-12-9-3/h19,22,27-28,52,55,61-62H,7-18,20-21,23-26,29-51,53-54,56-60H2,1-6H3,(H-,65,67,69,70)/b22-19-,28-27-,55-52-. The van der Waals surface area contributed by atoms with E-state index in [0.29, 0.717) is 17.4 Å². The lowest BCUT2D eigenvalue weighted by Crippen LogP contribution is -2.47. The SMILES string of the molecule is CCCCC/C=C\C/C=C\CCCCCCCCCCCCCCCCCC(=O)NC(COP(=O)([O-])OCC[N+](C)(C)C)C(/C=C\CCCCCCCCCCCC)OC(=O)CCCCCCCCCCCCC. The molecule has 0 fully saturated rings. The van der Waals surface area contributed by atoms with Crippen LogP contribution in [0.15, 0.2) is 36.5 Å². The highest BCUT2D eigenvalue weighted by atomic mass is 31.2. The number of amides is 1. The average Bonchev–Trinajstić information content (AvgIpc) is 3.36. The first-order valence-electron chi connectivity index (χ1n) is 31.8. The number of phosphoric acid groups is 1. The van der Waals surface area contributed by atoms with Gasteiger partial charge in [-0.05, 0) is 63.9 Å². The Balaban J connectivity index is 5.02. The molecule has 1 amide bonds. The first-order valence-corrected chi connectivity index (χ1v) is 33.3. The highest BCUT2D eigenvalue weighted by molar-refractivity contribution is 7.45. The van der Waals surface area contributed by atoms with Crippen molar-refractivity contribution in [2.24, 2.45) is 0 Å². The predicted molar refractivity (Wildman–Crippen MR) is 316 cm³/mol. The summed E-state index contributed by atoms with van der Waals surface area (Å²) in [6, 6.07) is -0.882. The molecule has 1 N–H and O–H groups in total. The molecule has 0 saturated carbocycles.